The van der Waals surface area contributed by atoms with Gasteiger partial charge in [0.15, 0.2) is 0 Å². The van der Waals surface area contributed by atoms with Crippen molar-refractivity contribution in [2.24, 2.45) is 5.92 Å². The van der Waals surface area contributed by atoms with Gasteiger partial charge in [-0.15, -0.1) is 11.8 Å². The lowest BCUT2D eigenvalue weighted by Crippen LogP contribution is -2.57. The minimum atomic E-state index is -0.245. The van der Waals surface area contributed by atoms with E-state index in [0.717, 1.165) is 38.6 Å². The Morgan fingerprint density at radius 3 is 2.87 bits per heavy atom. The number of carbonyl (C=O) groups excluding carboxylic acids is 1. The van der Waals surface area contributed by atoms with Crippen molar-refractivity contribution in [1.29, 1.82) is 0 Å². The Labute approximate surface area is 186 Å². The van der Waals surface area contributed by atoms with Gasteiger partial charge >= 0.3 is 0 Å². The van der Waals surface area contributed by atoms with Gasteiger partial charge in [0.1, 0.15) is 9.62 Å². The monoisotopic (exact) mass is 430 g/mol. The molecule has 2 saturated heterocycles. The number of H-pyrrole nitrogens is 1. The number of fused-ring (bicyclic) bond motifs is 3. The molecule has 4 nitrogen and oxygen atoms in total. The summed E-state index contributed by atoms with van der Waals surface area (Å²) in [4.78, 5) is 19.5. The zero-order valence-corrected chi connectivity index (χ0v) is 18.3. The molecule has 158 valence electrons. The standard InChI is InChI=1S/C26H26N2O2S/c29-24-25-12-10-19(30-16-17-6-2-1-3-7-17)14-18(25)15-26(31-25)23-21(11-13-28(24)26)20-8-4-5-9-22(20)27-23/h1-9,18-19,27H,10-16H2/t18-,19+,25-,26-/m0/s1. The summed E-state index contributed by atoms with van der Waals surface area (Å²) in [7, 11) is 0. The van der Waals surface area contributed by atoms with Crippen LogP contribution in [-0.4, -0.2) is 33.2 Å². The molecule has 5 heteroatoms. The van der Waals surface area contributed by atoms with E-state index in [2.05, 4.69) is 58.4 Å². The summed E-state index contributed by atoms with van der Waals surface area (Å²) in [6, 6.07) is 19.0. The van der Waals surface area contributed by atoms with Crippen molar-refractivity contribution in [1.82, 2.24) is 9.88 Å². The number of para-hydroxylation sites is 1. The zero-order valence-electron chi connectivity index (χ0n) is 17.5. The van der Waals surface area contributed by atoms with E-state index < -0.39 is 0 Å². The SMILES string of the molecule is O=C1N2CCc3c([nH]c4ccccc34)[C@@]23C[C@@H]2C[C@H](OCc4ccccc4)CC[C@@]12S3. The van der Waals surface area contributed by atoms with Crippen molar-refractivity contribution in [3.8, 4) is 0 Å². The fraction of sp³-hybridized carbons (Fsp3) is 0.423. The molecule has 4 aliphatic rings. The van der Waals surface area contributed by atoms with E-state index in [1.165, 1.54) is 27.7 Å². The number of hydrogen-bond donors (Lipinski definition) is 1. The molecule has 2 bridgehead atoms. The van der Waals surface area contributed by atoms with Gasteiger partial charge in [0, 0.05) is 17.4 Å². The molecule has 1 N–H and O–H groups in total. The molecular weight excluding hydrogens is 404 g/mol. The molecule has 3 aliphatic heterocycles. The van der Waals surface area contributed by atoms with Gasteiger partial charge in [-0.1, -0.05) is 48.5 Å². The lowest BCUT2D eigenvalue weighted by molar-refractivity contribution is -0.145. The molecule has 4 heterocycles. The minimum Gasteiger partial charge on any atom is -0.374 e. The van der Waals surface area contributed by atoms with Crippen molar-refractivity contribution in [3.05, 3.63) is 71.4 Å². The number of piperidine rings is 1. The van der Waals surface area contributed by atoms with Crippen LogP contribution in [0.1, 0.15) is 42.5 Å². The van der Waals surface area contributed by atoms with Gasteiger partial charge < -0.3 is 14.6 Å². The highest BCUT2D eigenvalue weighted by molar-refractivity contribution is 8.03. The molecule has 3 aromatic rings. The fourth-order valence-electron chi connectivity index (χ4n) is 6.67. The highest BCUT2D eigenvalue weighted by Crippen LogP contribution is 2.71. The van der Waals surface area contributed by atoms with Crippen molar-refractivity contribution >= 4 is 28.6 Å². The van der Waals surface area contributed by atoms with Crippen LogP contribution in [0.5, 0.6) is 0 Å². The van der Waals surface area contributed by atoms with Gasteiger partial charge in [-0.2, -0.15) is 0 Å². The molecule has 1 saturated carbocycles. The number of aromatic amines is 1. The first-order valence-corrected chi connectivity index (χ1v) is 12.3. The Morgan fingerprint density at radius 2 is 1.97 bits per heavy atom. The van der Waals surface area contributed by atoms with E-state index >= 15 is 0 Å². The Morgan fingerprint density at radius 1 is 1.13 bits per heavy atom. The first-order valence-electron chi connectivity index (χ1n) is 11.5. The topological polar surface area (TPSA) is 45.3 Å². The lowest BCUT2D eigenvalue weighted by Gasteiger charge is -2.46. The van der Waals surface area contributed by atoms with E-state index in [1.54, 1.807) is 0 Å². The predicted molar refractivity (Wildman–Crippen MR) is 123 cm³/mol. The summed E-state index contributed by atoms with van der Waals surface area (Å²) in [5, 5.41) is 1.33. The molecule has 0 unspecified atom stereocenters. The molecule has 31 heavy (non-hydrogen) atoms. The minimum absolute atomic E-state index is 0.206. The number of ether oxygens (including phenoxy) is 1. The summed E-state index contributed by atoms with van der Waals surface area (Å²) in [6.45, 7) is 1.51. The third kappa shape index (κ3) is 2.39. The summed E-state index contributed by atoms with van der Waals surface area (Å²) in [5.74, 6) is 0.785. The number of amides is 1. The summed E-state index contributed by atoms with van der Waals surface area (Å²) < 4.78 is 6.08. The van der Waals surface area contributed by atoms with Crippen molar-refractivity contribution in [2.75, 3.05) is 6.54 Å². The van der Waals surface area contributed by atoms with Crippen LogP contribution >= 0.6 is 11.8 Å². The molecule has 2 aromatic carbocycles. The largest absolute Gasteiger partial charge is 0.374 e. The second-order valence-electron chi connectivity index (χ2n) is 9.60. The predicted octanol–water partition coefficient (Wildman–Crippen LogP) is 4.98. The highest BCUT2D eigenvalue weighted by Gasteiger charge is 2.72. The van der Waals surface area contributed by atoms with E-state index in [-0.39, 0.29) is 15.7 Å². The smallest absolute Gasteiger partial charge is 0.240 e. The van der Waals surface area contributed by atoms with Crippen LogP contribution in [0.15, 0.2) is 54.6 Å². The first kappa shape index (κ1) is 18.3. The van der Waals surface area contributed by atoms with Gasteiger partial charge in [-0.3, -0.25) is 4.79 Å². The van der Waals surface area contributed by atoms with Gasteiger partial charge in [0.2, 0.25) is 5.91 Å². The zero-order chi connectivity index (χ0) is 20.6. The lowest BCUT2D eigenvalue weighted by atomic mass is 9.70. The van der Waals surface area contributed by atoms with Gasteiger partial charge in [-0.05, 0) is 55.2 Å². The maximum atomic E-state index is 13.7. The van der Waals surface area contributed by atoms with Crippen LogP contribution in [0.3, 0.4) is 0 Å². The van der Waals surface area contributed by atoms with E-state index in [4.69, 9.17) is 4.74 Å². The third-order valence-corrected chi connectivity index (χ3v) is 10.1. The molecule has 7 rings (SSSR count). The maximum Gasteiger partial charge on any atom is 0.240 e. The van der Waals surface area contributed by atoms with Crippen LogP contribution in [-0.2, 0) is 27.4 Å². The number of aromatic nitrogens is 1. The van der Waals surface area contributed by atoms with Gasteiger partial charge in [-0.25, -0.2) is 0 Å². The molecular formula is C26H26N2O2S. The summed E-state index contributed by atoms with van der Waals surface area (Å²) in [5.41, 5.74) is 5.16. The summed E-state index contributed by atoms with van der Waals surface area (Å²) >= 11 is 1.97. The normalized spacial score (nSPS) is 33.4. The number of hydrogen-bond acceptors (Lipinski definition) is 3. The van der Waals surface area contributed by atoms with Crippen molar-refractivity contribution in [3.63, 3.8) is 0 Å². The van der Waals surface area contributed by atoms with Crippen LogP contribution in [0.2, 0.25) is 0 Å². The maximum absolute atomic E-state index is 13.7. The van der Waals surface area contributed by atoms with Crippen LogP contribution in [0.4, 0.5) is 0 Å². The molecule has 1 amide bonds. The Hall–Kier alpha value is -2.24. The summed E-state index contributed by atoms with van der Waals surface area (Å²) in [6.07, 6.45) is 5.17. The molecule has 3 fully saturated rings. The van der Waals surface area contributed by atoms with E-state index in [1.807, 2.05) is 17.8 Å². The second kappa shape index (κ2) is 6.39. The van der Waals surface area contributed by atoms with Crippen LogP contribution in [0, 0.1) is 5.92 Å². The molecule has 4 atom stereocenters. The number of rotatable bonds is 3. The van der Waals surface area contributed by atoms with Crippen LogP contribution in [0.25, 0.3) is 10.9 Å². The number of benzene rings is 2. The molecule has 1 aliphatic carbocycles. The second-order valence-corrected chi connectivity index (χ2v) is 11.2. The average Bonchev–Trinajstić information content (AvgIpc) is 3.43. The van der Waals surface area contributed by atoms with Gasteiger partial charge in [0.05, 0.1) is 18.4 Å². The number of nitrogens with one attached hydrogen (secondary N) is 1. The third-order valence-electron chi connectivity index (χ3n) is 8.08. The van der Waals surface area contributed by atoms with E-state index in [9.17, 15) is 4.79 Å². The Kier molecular flexibility index (Phi) is 3.78. The first-order chi connectivity index (χ1) is 15.2. The van der Waals surface area contributed by atoms with E-state index in [0.29, 0.717) is 18.4 Å². The quantitative estimate of drug-likeness (QED) is 0.637. The molecule has 1 aromatic heterocycles. The van der Waals surface area contributed by atoms with Crippen molar-refractivity contribution < 1.29 is 9.53 Å². The Bertz CT molecular complexity index is 1190. The van der Waals surface area contributed by atoms with Crippen molar-refractivity contribution in [2.45, 2.75) is 54.4 Å². The number of nitrogens with zero attached hydrogens (tertiary/aromatic N) is 1. The average molecular weight is 431 g/mol. The number of thioether (sulfide) groups is 1. The van der Waals surface area contributed by atoms with Crippen LogP contribution < -0.4 is 0 Å². The Balaban J connectivity index is 1.20. The molecule has 2 spiro atoms. The fourth-order valence-corrected chi connectivity index (χ4v) is 8.89. The number of carbonyl (C=O) groups is 1. The molecule has 0 radical (unpaired) electrons. The van der Waals surface area contributed by atoms with Gasteiger partial charge in [0.25, 0.3) is 0 Å². The highest BCUT2D eigenvalue weighted by atomic mass is 32.2.